The molecule has 0 aliphatic carbocycles. The second-order valence-corrected chi connectivity index (χ2v) is 7.63. The zero-order chi connectivity index (χ0) is 21.5. The smallest absolute Gasteiger partial charge is 0.248 e. The maximum atomic E-state index is 12.7. The number of rotatable bonds is 9. The summed E-state index contributed by atoms with van der Waals surface area (Å²) in [5.74, 6) is 1.61. The van der Waals surface area contributed by atoms with Gasteiger partial charge in [-0.05, 0) is 37.1 Å². The van der Waals surface area contributed by atoms with Crippen LogP contribution in [0.1, 0.15) is 25.1 Å². The minimum Gasteiger partial charge on any atom is -0.439 e. The number of aromatic nitrogens is 2. The molecule has 2 aromatic carbocycles. The van der Waals surface area contributed by atoms with Crippen molar-refractivity contribution in [3.63, 3.8) is 0 Å². The predicted octanol–water partition coefficient (Wildman–Crippen LogP) is 4.60. The average Bonchev–Trinajstić information content (AvgIpc) is 3.04. The molecule has 0 saturated carbocycles. The third-order valence-electron chi connectivity index (χ3n) is 4.65. The van der Waals surface area contributed by atoms with Crippen LogP contribution >= 0.6 is 0 Å². The Morgan fingerprint density at radius 1 is 1.07 bits per heavy atom. The number of carbonyl (C=O) groups excluding carboxylic acids is 1. The van der Waals surface area contributed by atoms with Crippen molar-refractivity contribution in [1.82, 2.24) is 14.7 Å². The first-order chi connectivity index (χ1) is 14.5. The maximum absolute atomic E-state index is 12.7. The number of para-hydroxylation sites is 2. The molecule has 0 unspecified atom stereocenters. The second kappa shape index (κ2) is 10.1. The third kappa shape index (κ3) is 5.27. The second-order valence-electron chi connectivity index (χ2n) is 7.63. The minimum atomic E-state index is -0.0521. The molecular formula is C24H29N3O3. The molecule has 0 aliphatic rings. The summed E-state index contributed by atoms with van der Waals surface area (Å²) in [5.41, 5.74) is 2.60. The van der Waals surface area contributed by atoms with Crippen molar-refractivity contribution in [1.29, 1.82) is 0 Å². The van der Waals surface area contributed by atoms with Crippen molar-refractivity contribution in [3.8, 4) is 17.3 Å². The first-order valence-electron chi connectivity index (χ1n) is 10.1. The van der Waals surface area contributed by atoms with Crippen molar-refractivity contribution >= 4 is 5.91 Å². The van der Waals surface area contributed by atoms with E-state index in [4.69, 9.17) is 14.6 Å². The molecule has 30 heavy (non-hydrogen) atoms. The molecule has 0 fully saturated rings. The van der Waals surface area contributed by atoms with E-state index >= 15 is 0 Å². The minimum absolute atomic E-state index is 0.0491. The molecule has 6 heteroatoms. The molecule has 0 N–H and O–H groups in total. The average molecular weight is 408 g/mol. The van der Waals surface area contributed by atoms with Gasteiger partial charge in [-0.15, -0.1) is 0 Å². The van der Waals surface area contributed by atoms with E-state index in [2.05, 4.69) is 13.8 Å². The highest BCUT2D eigenvalue weighted by atomic mass is 16.5. The van der Waals surface area contributed by atoms with E-state index in [1.165, 1.54) is 7.11 Å². The first-order valence-corrected chi connectivity index (χ1v) is 10.1. The van der Waals surface area contributed by atoms with E-state index in [9.17, 15) is 4.79 Å². The summed E-state index contributed by atoms with van der Waals surface area (Å²) in [5, 5.41) is 4.74. The largest absolute Gasteiger partial charge is 0.439 e. The van der Waals surface area contributed by atoms with Crippen LogP contribution in [0.4, 0.5) is 0 Å². The van der Waals surface area contributed by atoms with Crippen LogP contribution in [0, 0.1) is 12.8 Å². The molecular weight excluding hydrogens is 378 g/mol. The van der Waals surface area contributed by atoms with Gasteiger partial charge in [0.05, 0.1) is 23.5 Å². The van der Waals surface area contributed by atoms with Crippen LogP contribution in [0.2, 0.25) is 0 Å². The van der Waals surface area contributed by atoms with Gasteiger partial charge in [0.1, 0.15) is 12.4 Å². The number of amides is 1. The molecule has 0 saturated heterocycles. The molecule has 3 rings (SSSR count). The zero-order valence-corrected chi connectivity index (χ0v) is 18.0. The van der Waals surface area contributed by atoms with Gasteiger partial charge in [-0.1, -0.05) is 50.2 Å². The zero-order valence-electron chi connectivity index (χ0n) is 18.0. The van der Waals surface area contributed by atoms with E-state index < -0.39 is 0 Å². The summed E-state index contributed by atoms with van der Waals surface area (Å²) < 4.78 is 13.2. The molecule has 0 spiro atoms. The fourth-order valence-corrected chi connectivity index (χ4v) is 3.27. The van der Waals surface area contributed by atoms with Gasteiger partial charge in [0, 0.05) is 13.7 Å². The number of nitrogens with zero attached hydrogens (tertiary/aromatic N) is 3. The van der Waals surface area contributed by atoms with Gasteiger partial charge in [-0.25, -0.2) is 4.68 Å². The lowest BCUT2D eigenvalue weighted by atomic mass is 10.1. The van der Waals surface area contributed by atoms with Crippen molar-refractivity contribution in [2.24, 2.45) is 5.92 Å². The Balaban J connectivity index is 2.03. The summed E-state index contributed by atoms with van der Waals surface area (Å²) in [6, 6.07) is 19.5. The van der Waals surface area contributed by atoms with E-state index in [1.807, 2.05) is 72.5 Å². The van der Waals surface area contributed by atoms with Crippen molar-refractivity contribution < 1.29 is 14.3 Å². The van der Waals surface area contributed by atoms with Crippen LogP contribution in [0.3, 0.4) is 0 Å². The standard InChI is InChI=1S/C24H29N3O3/c1-18(2)15-26(23(28)17-29-4)16-22-19(3)25-27(20-11-7-5-8-12-20)24(22)30-21-13-9-6-10-14-21/h5-14,18H,15-17H2,1-4H3. The highest BCUT2D eigenvalue weighted by molar-refractivity contribution is 5.77. The van der Waals surface area contributed by atoms with Gasteiger partial charge >= 0.3 is 0 Å². The van der Waals surface area contributed by atoms with Crippen LogP contribution in [0.5, 0.6) is 11.6 Å². The molecule has 0 bridgehead atoms. The van der Waals surface area contributed by atoms with Crippen molar-refractivity contribution in [2.75, 3.05) is 20.3 Å². The van der Waals surface area contributed by atoms with Gasteiger partial charge in [0.2, 0.25) is 11.8 Å². The Kier molecular flexibility index (Phi) is 7.25. The molecule has 0 aliphatic heterocycles. The van der Waals surface area contributed by atoms with E-state index in [0.29, 0.717) is 24.9 Å². The van der Waals surface area contributed by atoms with E-state index in [-0.39, 0.29) is 12.5 Å². The molecule has 0 atom stereocenters. The topological polar surface area (TPSA) is 56.6 Å². The van der Waals surface area contributed by atoms with Crippen molar-refractivity contribution in [3.05, 3.63) is 71.9 Å². The summed E-state index contributed by atoms with van der Waals surface area (Å²) in [4.78, 5) is 14.5. The number of methoxy groups -OCH3 is 1. The van der Waals surface area contributed by atoms with Crippen LogP contribution in [-0.4, -0.2) is 40.8 Å². The maximum Gasteiger partial charge on any atom is 0.248 e. The first kappa shape index (κ1) is 21.6. The molecule has 6 nitrogen and oxygen atoms in total. The van der Waals surface area contributed by atoms with Gasteiger partial charge < -0.3 is 14.4 Å². The van der Waals surface area contributed by atoms with E-state index in [0.717, 1.165) is 22.7 Å². The van der Waals surface area contributed by atoms with Gasteiger partial charge in [0.15, 0.2) is 0 Å². The summed E-state index contributed by atoms with van der Waals surface area (Å²) in [6.45, 7) is 7.21. The summed E-state index contributed by atoms with van der Waals surface area (Å²) in [6.07, 6.45) is 0. The van der Waals surface area contributed by atoms with Crippen LogP contribution in [0.25, 0.3) is 5.69 Å². The molecule has 1 aromatic heterocycles. The molecule has 0 radical (unpaired) electrons. The quantitative estimate of drug-likeness (QED) is 0.520. The summed E-state index contributed by atoms with van der Waals surface area (Å²) in [7, 11) is 1.54. The normalized spacial score (nSPS) is 11.0. The van der Waals surface area contributed by atoms with E-state index in [1.54, 1.807) is 4.68 Å². The monoisotopic (exact) mass is 407 g/mol. The van der Waals surface area contributed by atoms with Gasteiger partial charge in [-0.2, -0.15) is 5.10 Å². The third-order valence-corrected chi connectivity index (χ3v) is 4.65. The van der Waals surface area contributed by atoms with Crippen LogP contribution in [-0.2, 0) is 16.1 Å². The fraction of sp³-hybridized carbons (Fsp3) is 0.333. The SMILES string of the molecule is COCC(=O)N(Cc1c(C)nn(-c2ccccc2)c1Oc1ccccc1)CC(C)C. The molecule has 3 aromatic rings. The van der Waals surface area contributed by atoms with Crippen LogP contribution < -0.4 is 4.74 Å². The highest BCUT2D eigenvalue weighted by Gasteiger charge is 2.24. The number of hydrogen-bond donors (Lipinski definition) is 0. The van der Waals surface area contributed by atoms with Crippen molar-refractivity contribution in [2.45, 2.75) is 27.3 Å². The number of carbonyl (C=O) groups is 1. The molecule has 1 heterocycles. The molecule has 1 amide bonds. The lowest BCUT2D eigenvalue weighted by Crippen LogP contribution is -2.36. The Labute approximate surface area is 178 Å². The lowest BCUT2D eigenvalue weighted by molar-refractivity contribution is -0.136. The fourth-order valence-electron chi connectivity index (χ4n) is 3.27. The Bertz CT molecular complexity index is 953. The molecule has 158 valence electrons. The van der Waals surface area contributed by atoms with Gasteiger partial charge in [-0.3, -0.25) is 4.79 Å². The Morgan fingerprint density at radius 2 is 1.70 bits per heavy atom. The lowest BCUT2D eigenvalue weighted by Gasteiger charge is -2.25. The highest BCUT2D eigenvalue weighted by Crippen LogP contribution is 2.31. The number of hydrogen-bond acceptors (Lipinski definition) is 4. The number of ether oxygens (including phenoxy) is 2. The number of benzene rings is 2. The number of aryl methyl sites for hydroxylation is 1. The van der Waals surface area contributed by atoms with Crippen LogP contribution in [0.15, 0.2) is 60.7 Å². The van der Waals surface area contributed by atoms with Gasteiger partial charge in [0.25, 0.3) is 0 Å². The Morgan fingerprint density at radius 3 is 2.30 bits per heavy atom. The Hall–Kier alpha value is -3.12. The predicted molar refractivity (Wildman–Crippen MR) is 117 cm³/mol. The summed E-state index contributed by atoms with van der Waals surface area (Å²) >= 11 is 0.